The van der Waals surface area contributed by atoms with E-state index in [-0.39, 0.29) is 0 Å². The van der Waals surface area contributed by atoms with Crippen molar-refractivity contribution in [3.8, 4) is 5.75 Å². The summed E-state index contributed by atoms with van der Waals surface area (Å²) < 4.78 is 5.29. The normalized spacial score (nSPS) is 12.7. The van der Waals surface area contributed by atoms with Crippen LogP contribution in [0.25, 0.3) is 0 Å². The van der Waals surface area contributed by atoms with E-state index < -0.39 is 0 Å². The maximum Gasteiger partial charge on any atom is 0.120 e. The van der Waals surface area contributed by atoms with Crippen molar-refractivity contribution < 1.29 is 4.74 Å². The van der Waals surface area contributed by atoms with Gasteiger partial charge in [0.2, 0.25) is 0 Å². The van der Waals surface area contributed by atoms with Gasteiger partial charge in [0.05, 0.1) is 19.3 Å². The summed E-state index contributed by atoms with van der Waals surface area (Å²) in [5, 5.41) is 0. The fraction of sp³-hybridized carbons (Fsp3) is 0.438. The topological polar surface area (TPSA) is 41.1 Å². The number of ether oxygens (including phenoxy) is 1. The Labute approximate surface area is 120 Å². The lowest BCUT2D eigenvalue weighted by Gasteiger charge is -2.24. The van der Waals surface area contributed by atoms with Gasteiger partial charge < -0.3 is 9.72 Å². The van der Waals surface area contributed by atoms with Crippen molar-refractivity contribution in [1.82, 2.24) is 14.9 Å². The lowest BCUT2D eigenvalue weighted by molar-refractivity contribution is 0.247. The average Bonchev–Trinajstić information content (AvgIpc) is 2.76. The molecule has 0 bridgehead atoms. The fourth-order valence-corrected chi connectivity index (χ4v) is 2.23. The highest BCUT2D eigenvalue weighted by atomic mass is 16.5. The molecule has 0 aliphatic heterocycles. The van der Waals surface area contributed by atoms with Gasteiger partial charge in [-0.2, -0.15) is 0 Å². The lowest BCUT2D eigenvalue weighted by atomic mass is 10.1. The zero-order valence-electron chi connectivity index (χ0n) is 12.9. The average molecular weight is 273 g/mol. The quantitative estimate of drug-likeness (QED) is 0.909. The Hall–Kier alpha value is -1.81. The third kappa shape index (κ3) is 3.20. The minimum absolute atomic E-state index is 0.302. The summed E-state index contributed by atoms with van der Waals surface area (Å²) in [5.74, 6) is 1.91. The van der Waals surface area contributed by atoms with Gasteiger partial charge in [0, 0.05) is 11.7 Å². The van der Waals surface area contributed by atoms with Gasteiger partial charge in [-0.1, -0.05) is 12.1 Å². The van der Waals surface area contributed by atoms with Gasteiger partial charge in [-0.05, 0) is 45.5 Å². The number of H-pyrrole nitrogens is 1. The molecule has 0 aliphatic carbocycles. The summed E-state index contributed by atoms with van der Waals surface area (Å²) in [6.45, 7) is 7.07. The Morgan fingerprint density at radius 2 is 2.10 bits per heavy atom. The maximum atomic E-state index is 5.29. The Morgan fingerprint density at radius 1 is 1.35 bits per heavy atom. The van der Waals surface area contributed by atoms with Crippen LogP contribution in [0, 0.1) is 13.8 Å². The summed E-state index contributed by atoms with van der Waals surface area (Å²) >= 11 is 0. The van der Waals surface area contributed by atoms with E-state index in [1.807, 2.05) is 19.1 Å². The molecular formula is C16H23N3O. The smallest absolute Gasteiger partial charge is 0.120 e. The number of nitrogens with zero attached hydrogens (tertiary/aromatic N) is 2. The van der Waals surface area contributed by atoms with Gasteiger partial charge in [0.15, 0.2) is 0 Å². The summed E-state index contributed by atoms with van der Waals surface area (Å²) in [6, 6.07) is 8.51. The highest BCUT2D eigenvalue weighted by molar-refractivity contribution is 5.30. The lowest BCUT2D eigenvalue weighted by Crippen LogP contribution is -2.22. The fourth-order valence-electron chi connectivity index (χ4n) is 2.23. The van der Waals surface area contributed by atoms with Gasteiger partial charge in [0.1, 0.15) is 11.6 Å². The van der Waals surface area contributed by atoms with Crippen molar-refractivity contribution in [1.29, 1.82) is 0 Å². The second-order valence-electron chi connectivity index (χ2n) is 5.26. The van der Waals surface area contributed by atoms with Crippen molar-refractivity contribution in [2.75, 3.05) is 14.2 Å². The molecule has 0 aliphatic rings. The Balaban J connectivity index is 2.09. The molecule has 1 N–H and O–H groups in total. The Morgan fingerprint density at radius 3 is 2.70 bits per heavy atom. The van der Waals surface area contributed by atoms with E-state index in [1.165, 1.54) is 5.56 Å². The van der Waals surface area contributed by atoms with Crippen LogP contribution in [0.15, 0.2) is 24.3 Å². The molecule has 0 spiro atoms. The van der Waals surface area contributed by atoms with Crippen LogP contribution in [0.2, 0.25) is 0 Å². The number of benzene rings is 1. The zero-order chi connectivity index (χ0) is 14.7. The van der Waals surface area contributed by atoms with E-state index in [0.29, 0.717) is 6.04 Å². The van der Waals surface area contributed by atoms with Crippen LogP contribution in [0.4, 0.5) is 0 Å². The number of rotatable bonds is 5. The summed E-state index contributed by atoms with van der Waals surface area (Å²) in [6.07, 6.45) is 0. The van der Waals surface area contributed by atoms with Crippen molar-refractivity contribution in [2.45, 2.75) is 33.4 Å². The molecule has 0 fully saturated rings. The molecule has 0 saturated carbocycles. The number of nitrogens with one attached hydrogen (secondary N) is 1. The predicted octanol–water partition coefficient (Wildman–Crippen LogP) is 3.23. The molecule has 4 nitrogen and oxygen atoms in total. The van der Waals surface area contributed by atoms with Crippen molar-refractivity contribution in [2.24, 2.45) is 0 Å². The number of aromatic nitrogens is 2. The van der Waals surface area contributed by atoms with Gasteiger partial charge in [-0.15, -0.1) is 0 Å². The van der Waals surface area contributed by atoms with Crippen LogP contribution in [0.3, 0.4) is 0 Å². The molecular weight excluding hydrogens is 250 g/mol. The van der Waals surface area contributed by atoms with Crippen LogP contribution in [-0.4, -0.2) is 29.0 Å². The molecule has 20 heavy (non-hydrogen) atoms. The number of imidazole rings is 1. The molecule has 1 heterocycles. The van der Waals surface area contributed by atoms with E-state index in [2.05, 4.69) is 47.9 Å². The van der Waals surface area contributed by atoms with E-state index in [1.54, 1.807) is 7.11 Å². The van der Waals surface area contributed by atoms with Gasteiger partial charge in [-0.3, -0.25) is 4.90 Å². The second-order valence-corrected chi connectivity index (χ2v) is 5.26. The van der Waals surface area contributed by atoms with Crippen LogP contribution >= 0.6 is 0 Å². The monoisotopic (exact) mass is 273 g/mol. The van der Waals surface area contributed by atoms with E-state index in [4.69, 9.17) is 4.74 Å². The molecule has 0 radical (unpaired) electrons. The van der Waals surface area contributed by atoms with Crippen LogP contribution < -0.4 is 4.74 Å². The van der Waals surface area contributed by atoms with Crippen molar-refractivity contribution >= 4 is 0 Å². The molecule has 2 rings (SSSR count). The minimum Gasteiger partial charge on any atom is -0.497 e. The third-order valence-corrected chi connectivity index (χ3v) is 3.81. The summed E-state index contributed by atoms with van der Waals surface area (Å²) in [7, 11) is 3.80. The first-order valence-corrected chi connectivity index (χ1v) is 6.87. The van der Waals surface area contributed by atoms with Crippen LogP contribution in [-0.2, 0) is 6.54 Å². The van der Waals surface area contributed by atoms with Crippen molar-refractivity contribution in [3.63, 3.8) is 0 Å². The first-order valence-electron chi connectivity index (χ1n) is 6.87. The predicted molar refractivity (Wildman–Crippen MR) is 80.9 cm³/mol. The number of methoxy groups -OCH3 is 1. The molecule has 0 saturated heterocycles. The van der Waals surface area contributed by atoms with Gasteiger partial charge in [0.25, 0.3) is 0 Å². The summed E-state index contributed by atoms with van der Waals surface area (Å²) in [4.78, 5) is 10.1. The highest BCUT2D eigenvalue weighted by Crippen LogP contribution is 2.23. The first kappa shape index (κ1) is 14.6. The second kappa shape index (κ2) is 6.09. The largest absolute Gasteiger partial charge is 0.497 e. The van der Waals surface area contributed by atoms with E-state index in [0.717, 1.165) is 29.5 Å². The zero-order valence-corrected chi connectivity index (χ0v) is 12.9. The Kier molecular flexibility index (Phi) is 4.45. The first-order chi connectivity index (χ1) is 9.51. The van der Waals surface area contributed by atoms with Gasteiger partial charge in [-0.25, -0.2) is 4.98 Å². The summed E-state index contributed by atoms with van der Waals surface area (Å²) in [5.41, 5.74) is 3.46. The molecule has 1 aromatic carbocycles. The molecule has 1 aromatic heterocycles. The standard InChI is InChI=1S/C16H23N3O/c1-11-12(2)18-16(17-11)10-19(4)13(3)14-7-6-8-15(9-14)20-5/h6-9,13H,10H2,1-5H3,(H,17,18). The van der Waals surface area contributed by atoms with Crippen molar-refractivity contribution in [3.05, 3.63) is 47.0 Å². The molecule has 4 heteroatoms. The van der Waals surface area contributed by atoms with E-state index in [9.17, 15) is 0 Å². The number of aryl methyl sites for hydroxylation is 2. The van der Waals surface area contributed by atoms with Crippen LogP contribution in [0.5, 0.6) is 5.75 Å². The SMILES string of the molecule is COc1cccc(C(C)N(C)Cc2nc(C)c(C)[nH]2)c1. The molecule has 108 valence electrons. The number of hydrogen-bond donors (Lipinski definition) is 1. The molecule has 1 atom stereocenters. The maximum absolute atomic E-state index is 5.29. The Bertz CT molecular complexity index is 557. The number of hydrogen-bond acceptors (Lipinski definition) is 3. The molecule has 0 amide bonds. The minimum atomic E-state index is 0.302. The van der Waals surface area contributed by atoms with E-state index >= 15 is 0 Å². The highest BCUT2D eigenvalue weighted by Gasteiger charge is 2.14. The number of aromatic amines is 1. The third-order valence-electron chi connectivity index (χ3n) is 3.81. The molecule has 2 aromatic rings. The van der Waals surface area contributed by atoms with Gasteiger partial charge >= 0.3 is 0 Å². The molecule has 1 unspecified atom stereocenters. The van der Waals surface area contributed by atoms with Crippen LogP contribution in [0.1, 0.15) is 35.7 Å².